The zero-order chi connectivity index (χ0) is 24.7. The molecular formula is C22H28FN7O3S. The van der Waals surface area contributed by atoms with E-state index in [-0.39, 0.29) is 17.1 Å². The number of nitrogens with zero attached hydrogens (tertiary/aromatic N) is 6. The van der Waals surface area contributed by atoms with Gasteiger partial charge in [-0.3, -0.25) is 0 Å². The van der Waals surface area contributed by atoms with Crippen LogP contribution in [-0.4, -0.2) is 67.5 Å². The lowest BCUT2D eigenvalue weighted by molar-refractivity contribution is 0.181. The molecule has 2 aromatic heterocycles. The van der Waals surface area contributed by atoms with E-state index in [1.54, 1.807) is 50.6 Å². The van der Waals surface area contributed by atoms with Gasteiger partial charge in [0.05, 0.1) is 35.1 Å². The maximum atomic E-state index is 14.7. The van der Waals surface area contributed by atoms with Gasteiger partial charge in [0.25, 0.3) is 0 Å². The van der Waals surface area contributed by atoms with E-state index >= 15 is 0 Å². The van der Waals surface area contributed by atoms with Crippen LogP contribution < -0.4 is 10.2 Å². The molecule has 0 spiro atoms. The van der Waals surface area contributed by atoms with Crippen LogP contribution in [0.1, 0.15) is 17.2 Å². The Labute approximate surface area is 198 Å². The van der Waals surface area contributed by atoms with Crippen LogP contribution in [0.15, 0.2) is 47.6 Å². The average molecular weight is 490 g/mol. The number of rotatable bonds is 11. The summed E-state index contributed by atoms with van der Waals surface area (Å²) in [5.74, 6) is 0.409. The van der Waals surface area contributed by atoms with Crippen LogP contribution >= 0.6 is 0 Å². The molecule has 182 valence electrons. The van der Waals surface area contributed by atoms with Gasteiger partial charge in [0.1, 0.15) is 11.6 Å². The van der Waals surface area contributed by atoms with Crippen LogP contribution in [0.3, 0.4) is 0 Å². The third-order valence-corrected chi connectivity index (χ3v) is 6.65. The second kappa shape index (κ2) is 11.3. The fourth-order valence-corrected chi connectivity index (χ4v) is 4.23. The maximum Gasteiger partial charge on any atom is 0.243 e. The number of nitrogens with one attached hydrogen (secondary N) is 1. The molecule has 0 saturated carbocycles. The Morgan fingerprint density at radius 2 is 1.76 bits per heavy atom. The summed E-state index contributed by atoms with van der Waals surface area (Å²) in [5, 5.41) is 2.96. The molecule has 2 heterocycles. The summed E-state index contributed by atoms with van der Waals surface area (Å²) in [6.07, 6.45) is 3.68. The van der Waals surface area contributed by atoms with E-state index in [9.17, 15) is 12.8 Å². The minimum absolute atomic E-state index is 0.0233. The number of methoxy groups -OCH3 is 1. The molecule has 0 bridgehead atoms. The number of hydrogen-bond acceptors (Lipinski definition) is 9. The van der Waals surface area contributed by atoms with Gasteiger partial charge in [0, 0.05) is 53.6 Å². The van der Waals surface area contributed by atoms with Gasteiger partial charge in [-0.25, -0.2) is 32.7 Å². The first-order valence-electron chi connectivity index (χ1n) is 10.5. The van der Waals surface area contributed by atoms with Crippen molar-refractivity contribution in [3.05, 3.63) is 65.8 Å². The fraction of sp³-hybridized carbons (Fsp3) is 0.364. The number of sulfonamides is 1. The molecular weight excluding hydrogens is 461 g/mol. The molecule has 0 amide bonds. The van der Waals surface area contributed by atoms with E-state index in [1.807, 2.05) is 0 Å². The van der Waals surface area contributed by atoms with Crippen molar-refractivity contribution in [3.8, 4) is 0 Å². The Balaban J connectivity index is 1.64. The molecule has 1 N–H and O–H groups in total. The number of hydrogen-bond donors (Lipinski definition) is 1. The second-order valence-electron chi connectivity index (χ2n) is 7.72. The Kier molecular flexibility index (Phi) is 8.42. The van der Waals surface area contributed by atoms with E-state index in [1.165, 1.54) is 19.2 Å². The van der Waals surface area contributed by atoms with Crippen molar-refractivity contribution in [1.29, 1.82) is 0 Å². The molecule has 0 aliphatic heterocycles. The smallest absolute Gasteiger partial charge is 0.243 e. The zero-order valence-corrected chi connectivity index (χ0v) is 20.4. The lowest BCUT2D eigenvalue weighted by Gasteiger charge is -2.18. The predicted molar refractivity (Wildman–Crippen MR) is 126 cm³/mol. The van der Waals surface area contributed by atoms with Crippen molar-refractivity contribution in [2.24, 2.45) is 0 Å². The van der Waals surface area contributed by atoms with Gasteiger partial charge in [0.2, 0.25) is 16.0 Å². The van der Waals surface area contributed by atoms with E-state index in [0.717, 1.165) is 16.1 Å². The molecule has 0 atom stereocenters. The molecule has 3 rings (SSSR count). The molecule has 12 heteroatoms. The topological polar surface area (TPSA) is 113 Å². The molecule has 34 heavy (non-hydrogen) atoms. The molecule has 0 unspecified atom stereocenters. The third-order valence-electron chi connectivity index (χ3n) is 4.85. The monoisotopic (exact) mass is 489 g/mol. The van der Waals surface area contributed by atoms with E-state index in [2.05, 4.69) is 25.3 Å². The standard InChI is InChI=1S/C22H28FN7O3S/c1-29(2)22-26-11-7-16(28-22)14-30(3)34(31,32)18-5-6-20(19(23)13-18)24-12-9-21-25-10-8-17(27-21)15-33-4/h5-8,10-11,13,24H,9,12,14-15H2,1-4H3. The van der Waals surface area contributed by atoms with Crippen LogP contribution in [0.4, 0.5) is 16.0 Å². The van der Waals surface area contributed by atoms with E-state index < -0.39 is 15.8 Å². The number of anilines is 2. The first kappa shape index (κ1) is 25.4. The van der Waals surface area contributed by atoms with Crippen molar-refractivity contribution in [2.45, 2.75) is 24.5 Å². The first-order chi connectivity index (χ1) is 16.2. The van der Waals surface area contributed by atoms with Gasteiger partial charge in [-0.2, -0.15) is 4.31 Å². The molecule has 0 aliphatic carbocycles. The second-order valence-corrected chi connectivity index (χ2v) is 9.76. The highest BCUT2D eigenvalue weighted by Crippen LogP contribution is 2.22. The van der Waals surface area contributed by atoms with Crippen molar-refractivity contribution < 1.29 is 17.5 Å². The van der Waals surface area contributed by atoms with E-state index in [0.29, 0.717) is 37.0 Å². The predicted octanol–water partition coefficient (Wildman–Crippen LogP) is 2.09. The minimum Gasteiger partial charge on any atom is -0.382 e. The summed E-state index contributed by atoms with van der Waals surface area (Å²) in [5.41, 5.74) is 1.48. The number of ether oxygens (including phenoxy) is 1. The zero-order valence-electron chi connectivity index (χ0n) is 19.6. The Hall–Kier alpha value is -3.22. The van der Waals surface area contributed by atoms with Crippen molar-refractivity contribution in [1.82, 2.24) is 24.2 Å². The molecule has 0 aliphatic rings. The Bertz CT molecular complexity index is 1220. The molecule has 3 aromatic rings. The lowest BCUT2D eigenvalue weighted by atomic mass is 10.3. The first-order valence-corrected chi connectivity index (χ1v) is 11.9. The molecule has 0 radical (unpaired) electrons. The largest absolute Gasteiger partial charge is 0.382 e. The van der Waals surface area contributed by atoms with Crippen LogP contribution in [0.25, 0.3) is 0 Å². The van der Waals surface area contributed by atoms with Crippen LogP contribution in [0, 0.1) is 5.82 Å². The van der Waals surface area contributed by atoms with Crippen molar-refractivity contribution >= 4 is 21.7 Å². The lowest BCUT2D eigenvalue weighted by Crippen LogP contribution is -2.27. The van der Waals surface area contributed by atoms with Gasteiger partial charge in [-0.15, -0.1) is 0 Å². The third kappa shape index (κ3) is 6.43. The summed E-state index contributed by atoms with van der Waals surface area (Å²) in [6, 6.07) is 7.20. The maximum absolute atomic E-state index is 14.7. The molecule has 0 fully saturated rings. The summed E-state index contributed by atoms with van der Waals surface area (Å²) in [6.45, 7) is 0.784. The van der Waals surface area contributed by atoms with Gasteiger partial charge >= 0.3 is 0 Å². The highest BCUT2D eigenvalue weighted by molar-refractivity contribution is 7.89. The van der Waals surface area contributed by atoms with Gasteiger partial charge in [-0.1, -0.05) is 0 Å². The summed E-state index contributed by atoms with van der Waals surface area (Å²) >= 11 is 0. The highest BCUT2D eigenvalue weighted by atomic mass is 32.2. The SMILES string of the molecule is COCc1ccnc(CCNc2ccc(S(=O)(=O)N(C)Cc3ccnc(N(C)C)n3)cc2F)n1. The Morgan fingerprint density at radius 3 is 2.47 bits per heavy atom. The van der Waals surface area contributed by atoms with Gasteiger partial charge < -0.3 is 15.0 Å². The summed E-state index contributed by atoms with van der Waals surface area (Å²) in [4.78, 5) is 18.6. The van der Waals surface area contributed by atoms with Gasteiger partial charge in [-0.05, 0) is 30.3 Å². The highest BCUT2D eigenvalue weighted by Gasteiger charge is 2.23. The Morgan fingerprint density at radius 1 is 1.03 bits per heavy atom. The average Bonchev–Trinajstić information content (AvgIpc) is 2.80. The van der Waals surface area contributed by atoms with E-state index in [4.69, 9.17) is 4.74 Å². The number of halogens is 1. The number of benzene rings is 1. The van der Waals surface area contributed by atoms with Crippen molar-refractivity contribution in [2.75, 3.05) is 45.0 Å². The minimum atomic E-state index is -3.92. The summed E-state index contributed by atoms with van der Waals surface area (Å²) in [7, 11) is 2.68. The van der Waals surface area contributed by atoms with Crippen LogP contribution in [-0.2, 0) is 34.3 Å². The quantitative estimate of drug-likeness (QED) is 0.432. The molecule has 0 saturated heterocycles. The number of aromatic nitrogens is 4. The molecule has 1 aromatic carbocycles. The molecule has 10 nitrogen and oxygen atoms in total. The fourth-order valence-electron chi connectivity index (χ4n) is 3.08. The summed E-state index contributed by atoms with van der Waals surface area (Å²) < 4.78 is 46.8. The van der Waals surface area contributed by atoms with Gasteiger partial charge in [0.15, 0.2) is 0 Å². The van der Waals surface area contributed by atoms with Crippen LogP contribution in [0.2, 0.25) is 0 Å². The van der Waals surface area contributed by atoms with Crippen molar-refractivity contribution in [3.63, 3.8) is 0 Å². The normalized spacial score (nSPS) is 11.6. The van der Waals surface area contributed by atoms with Crippen LogP contribution in [0.5, 0.6) is 0 Å².